The molecule has 1 amide bonds. The predicted molar refractivity (Wildman–Crippen MR) is 69.7 cm³/mol. The van der Waals surface area contributed by atoms with Crippen LogP contribution in [-0.2, 0) is 14.7 Å². The molecular weight excluding hydrogens is 277 g/mol. The second-order valence-electron chi connectivity index (χ2n) is 4.32. The first kappa shape index (κ1) is 15.2. The van der Waals surface area contributed by atoms with Crippen LogP contribution in [0.3, 0.4) is 0 Å². The molecule has 0 saturated carbocycles. The molecule has 0 spiro atoms. The van der Waals surface area contributed by atoms with Gasteiger partial charge in [-0.3, -0.25) is 4.79 Å². The Kier molecular flexibility index (Phi) is 4.97. The second kappa shape index (κ2) is 5.87. The molecule has 1 rings (SSSR count). The summed E-state index contributed by atoms with van der Waals surface area (Å²) in [6.45, 7) is 3.81. The van der Waals surface area contributed by atoms with Crippen molar-refractivity contribution in [2.75, 3.05) is 0 Å². The number of nitrogens with two attached hydrogens (primary N) is 2. The van der Waals surface area contributed by atoms with Gasteiger partial charge >= 0.3 is 0 Å². The summed E-state index contributed by atoms with van der Waals surface area (Å²) < 4.78 is 28.2. The van der Waals surface area contributed by atoms with Gasteiger partial charge in [0.05, 0.1) is 10.9 Å². The maximum Gasteiger partial charge on any atom is 0.271 e. The van der Waals surface area contributed by atoms with Gasteiger partial charge in [0.1, 0.15) is 9.92 Å². The highest BCUT2D eigenvalue weighted by molar-refractivity contribution is 7.91. The van der Waals surface area contributed by atoms with E-state index in [2.05, 4.69) is 4.36 Å². The van der Waals surface area contributed by atoms with Crippen molar-refractivity contribution in [1.29, 1.82) is 0 Å². The Morgan fingerprint density at radius 2 is 2.22 bits per heavy atom. The highest BCUT2D eigenvalue weighted by Crippen LogP contribution is 2.18. The fourth-order valence-electron chi connectivity index (χ4n) is 1.31. The van der Waals surface area contributed by atoms with E-state index in [4.69, 9.17) is 10.9 Å². The molecule has 0 fully saturated rings. The largest absolute Gasteiger partial charge is 0.320 e. The van der Waals surface area contributed by atoms with Gasteiger partial charge in [0.25, 0.3) is 5.91 Å². The lowest BCUT2D eigenvalue weighted by molar-refractivity contribution is -0.119. The minimum Gasteiger partial charge on any atom is -0.320 e. The van der Waals surface area contributed by atoms with E-state index < -0.39 is 27.0 Å². The summed E-state index contributed by atoms with van der Waals surface area (Å²) in [7, 11) is -3.40. The average Bonchev–Trinajstić information content (AvgIpc) is 2.63. The Morgan fingerprint density at radius 1 is 1.61 bits per heavy atom. The van der Waals surface area contributed by atoms with Crippen molar-refractivity contribution in [3.63, 3.8) is 0 Å². The Morgan fingerprint density at radius 3 is 2.67 bits per heavy atom. The number of halogens is 1. The minimum absolute atomic E-state index is 0.00935. The number of hydrogen-bond acceptors (Lipinski definition) is 4. The Balaban J connectivity index is 2.94. The molecule has 5 nitrogen and oxygen atoms in total. The lowest BCUT2D eigenvalue weighted by Gasteiger charge is -2.10. The van der Waals surface area contributed by atoms with Gasteiger partial charge in [-0.05, 0) is 12.3 Å². The van der Waals surface area contributed by atoms with Crippen molar-refractivity contribution in [2.45, 2.75) is 31.2 Å². The molecule has 4 N–H and O–H groups in total. The number of carbonyl (C=O) groups is 1. The van der Waals surface area contributed by atoms with Crippen LogP contribution < -0.4 is 10.9 Å². The zero-order valence-electron chi connectivity index (χ0n) is 10.1. The molecule has 1 aromatic rings. The van der Waals surface area contributed by atoms with E-state index in [-0.39, 0.29) is 10.8 Å². The number of hydrogen-bond donors (Lipinski definition) is 2. The molecule has 102 valence electrons. The zero-order valence-corrected chi connectivity index (χ0v) is 11.8. The van der Waals surface area contributed by atoms with E-state index in [9.17, 15) is 13.4 Å². The zero-order chi connectivity index (χ0) is 13.9. The molecular formula is C10H16FN3O2S2. The van der Waals surface area contributed by atoms with Gasteiger partial charge in [0.15, 0.2) is 5.13 Å². The summed E-state index contributed by atoms with van der Waals surface area (Å²) in [6, 6.07) is 0.176. The topological polar surface area (TPSA) is 98.5 Å². The van der Waals surface area contributed by atoms with Crippen LogP contribution in [0.15, 0.2) is 20.7 Å². The molecule has 0 aliphatic rings. The summed E-state index contributed by atoms with van der Waals surface area (Å²) in [5.41, 5.74) is 5.61. The minimum atomic E-state index is -3.40. The van der Waals surface area contributed by atoms with Crippen molar-refractivity contribution in [3.05, 3.63) is 16.6 Å². The van der Waals surface area contributed by atoms with Crippen LogP contribution in [0, 0.1) is 11.0 Å². The molecule has 1 heterocycles. The summed E-state index contributed by atoms with van der Waals surface area (Å²) in [6.07, 6.45) is 0.426. The van der Waals surface area contributed by atoms with Crippen molar-refractivity contribution in [2.24, 2.45) is 21.2 Å². The molecule has 0 aromatic carbocycles. The number of amides is 1. The molecule has 8 heteroatoms. The van der Waals surface area contributed by atoms with Crippen LogP contribution in [0.1, 0.15) is 20.3 Å². The molecule has 18 heavy (non-hydrogen) atoms. The first-order chi connectivity index (χ1) is 8.22. The molecule has 0 saturated heterocycles. The van der Waals surface area contributed by atoms with Gasteiger partial charge in [0.2, 0.25) is 0 Å². The molecule has 1 aromatic heterocycles. The highest BCUT2D eigenvalue weighted by atomic mass is 32.2. The van der Waals surface area contributed by atoms with Gasteiger partial charge in [-0.1, -0.05) is 13.8 Å². The number of carbonyl (C=O) groups excluding carboxylic acids is 1. The average molecular weight is 293 g/mol. The Labute approximate surface area is 110 Å². The third-order valence-corrected chi connectivity index (χ3v) is 4.38. The normalized spacial score (nSPS) is 16.3. The van der Waals surface area contributed by atoms with E-state index >= 15 is 0 Å². The van der Waals surface area contributed by atoms with Crippen molar-refractivity contribution < 1.29 is 13.4 Å². The van der Waals surface area contributed by atoms with E-state index in [1.165, 1.54) is 5.38 Å². The quantitative estimate of drug-likeness (QED) is 0.879. The highest BCUT2D eigenvalue weighted by Gasteiger charge is 2.18. The van der Waals surface area contributed by atoms with Gasteiger partial charge < -0.3 is 5.73 Å². The van der Waals surface area contributed by atoms with E-state index in [0.29, 0.717) is 6.42 Å². The lowest BCUT2D eigenvalue weighted by atomic mass is 10.0. The molecule has 0 aliphatic heterocycles. The monoisotopic (exact) mass is 293 g/mol. The van der Waals surface area contributed by atoms with E-state index in [0.717, 1.165) is 17.4 Å². The van der Waals surface area contributed by atoms with Crippen LogP contribution in [0.25, 0.3) is 0 Å². The lowest BCUT2D eigenvalue weighted by Crippen LogP contribution is -2.32. The third-order valence-electron chi connectivity index (χ3n) is 2.15. The number of nitrogens with zero attached hydrogens (tertiary/aromatic N) is 1. The fourth-order valence-corrected chi connectivity index (χ4v) is 3.35. The number of rotatable bonds is 4. The summed E-state index contributed by atoms with van der Waals surface area (Å²) in [4.78, 5) is 11.6. The van der Waals surface area contributed by atoms with E-state index in [1.54, 1.807) is 0 Å². The smallest absolute Gasteiger partial charge is 0.271 e. The van der Waals surface area contributed by atoms with Crippen LogP contribution in [0.4, 0.5) is 4.39 Å². The third kappa shape index (κ3) is 4.13. The predicted octanol–water partition coefficient (Wildman–Crippen LogP) is 1.49. The molecule has 0 bridgehead atoms. The van der Waals surface area contributed by atoms with Crippen LogP contribution >= 0.6 is 11.3 Å². The fraction of sp³-hybridized carbons (Fsp3) is 0.500. The van der Waals surface area contributed by atoms with Crippen molar-refractivity contribution in [3.8, 4) is 0 Å². The molecule has 0 aliphatic carbocycles. The van der Waals surface area contributed by atoms with Crippen molar-refractivity contribution in [1.82, 2.24) is 0 Å². The summed E-state index contributed by atoms with van der Waals surface area (Å²) >= 11 is 0.749. The van der Waals surface area contributed by atoms with Gasteiger partial charge in [-0.25, -0.2) is 9.35 Å². The second-order valence-corrected chi connectivity index (χ2v) is 6.97. The molecule has 1 unspecified atom stereocenters. The SMILES string of the molecule is CC(C)C[C@H](N)C(=O)N=S(N)(=O)c1csc(F)c1. The maximum atomic E-state index is 12.8. The number of thiophene rings is 1. The van der Waals surface area contributed by atoms with Crippen LogP contribution in [-0.4, -0.2) is 16.2 Å². The van der Waals surface area contributed by atoms with E-state index in [1.807, 2.05) is 13.8 Å². The van der Waals surface area contributed by atoms with Crippen molar-refractivity contribution >= 4 is 27.2 Å². The van der Waals surface area contributed by atoms with Gasteiger partial charge in [-0.15, -0.1) is 15.7 Å². The molecule has 2 atom stereocenters. The maximum absolute atomic E-state index is 12.8. The van der Waals surface area contributed by atoms with Crippen LogP contribution in [0.2, 0.25) is 0 Å². The van der Waals surface area contributed by atoms with Gasteiger partial charge in [-0.2, -0.15) is 4.39 Å². The first-order valence-electron chi connectivity index (χ1n) is 5.30. The Bertz CT molecular complexity index is 547. The summed E-state index contributed by atoms with van der Waals surface area (Å²) in [5.74, 6) is -0.505. The van der Waals surface area contributed by atoms with Crippen LogP contribution in [0.5, 0.6) is 0 Å². The summed E-state index contributed by atoms with van der Waals surface area (Å²) in [5, 5.41) is 6.20. The first-order valence-corrected chi connectivity index (χ1v) is 7.76. The molecule has 0 radical (unpaired) electrons. The Hall–Kier alpha value is -0.830. The van der Waals surface area contributed by atoms with Gasteiger partial charge in [0, 0.05) is 11.4 Å². The standard InChI is InChI=1S/C10H16FN3O2S2/c1-6(2)3-8(12)10(15)14-18(13,16)7-4-9(11)17-5-7/h4-6,8H,3,12H2,1-2H3,(H2,13,14,15,16)/t8-,18?/m0/s1.